The molecule has 0 aromatic heterocycles. The summed E-state index contributed by atoms with van der Waals surface area (Å²) in [6.45, 7) is 24.0. The van der Waals surface area contributed by atoms with E-state index in [4.69, 9.17) is 18.8 Å². The maximum Gasteiger partial charge on any atom is 0.192 e. The maximum atomic E-state index is 9.89. The third-order valence-corrected chi connectivity index (χ3v) is 16.8. The second kappa shape index (κ2) is 9.58. The van der Waals surface area contributed by atoms with E-state index in [0.717, 1.165) is 37.1 Å². The second-order valence-corrected chi connectivity index (χ2v) is 21.9. The van der Waals surface area contributed by atoms with Crippen LogP contribution in [0.5, 0.6) is 0 Å². The van der Waals surface area contributed by atoms with Crippen molar-refractivity contribution in [3.63, 3.8) is 0 Å². The smallest absolute Gasteiger partial charge is 0.192 e. The molecule has 0 amide bonds. The molecule has 0 aromatic carbocycles. The number of nitriles is 1. The lowest BCUT2D eigenvalue weighted by Gasteiger charge is -2.36. The molecule has 0 aliphatic carbocycles. The van der Waals surface area contributed by atoms with Gasteiger partial charge in [0.25, 0.3) is 0 Å². The van der Waals surface area contributed by atoms with Crippen molar-refractivity contribution in [1.29, 1.82) is 5.26 Å². The number of aliphatic imine (C=N–C) groups is 2. The van der Waals surface area contributed by atoms with Crippen molar-refractivity contribution in [2.24, 2.45) is 15.9 Å². The summed E-state index contributed by atoms with van der Waals surface area (Å²) in [7, 11) is -3.54. The second-order valence-electron chi connectivity index (χ2n) is 12.3. The van der Waals surface area contributed by atoms with E-state index in [1.165, 1.54) is 0 Å². The molecular weight excluding hydrogens is 418 g/mol. The average Bonchev–Trinajstić information content (AvgIpc) is 3.27. The molecule has 0 spiro atoms. The van der Waals surface area contributed by atoms with Gasteiger partial charge < -0.3 is 8.85 Å². The lowest BCUT2D eigenvalue weighted by Crippen LogP contribution is -2.42. The molecule has 7 heteroatoms. The van der Waals surface area contributed by atoms with Crippen LogP contribution in [-0.4, -0.2) is 53.4 Å². The minimum absolute atomic E-state index is 0.180. The first-order valence-electron chi connectivity index (χ1n) is 11.9. The zero-order chi connectivity index (χ0) is 23.7. The van der Waals surface area contributed by atoms with Crippen LogP contribution >= 0.6 is 0 Å². The summed E-state index contributed by atoms with van der Waals surface area (Å²) in [5.41, 5.74) is 2.02. The highest BCUT2D eigenvalue weighted by atomic mass is 28.4. The molecule has 176 valence electrons. The van der Waals surface area contributed by atoms with Crippen molar-refractivity contribution in [2.75, 3.05) is 13.2 Å². The van der Waals surface area contributed by atoms with Gasteiger partial charge in [0.2, 0.25) is 0 Å². The first-order chi connectivity index (χ1) is 14.1. The molecule has 2 aliphatic heterocycles. The molecule has 2 atom stereocenters. The Kier molecular flexibility index (Phi) is 8.17. The highest BCUT2D eigenvalue weighted by Crippen LogP contribution is 2.38. The van der Waals surface area contributed by atoms with E-state index in [2.05, 4.69) is 73.8 Å². The van der Waals surface area contributed by atoms with Crippen molar-refractivity contribution in [3.05, 3.63) is 0 Å². The van der Waals surface area contributed by atoms with E-state index in [0.29, 0.717) is 13.2 Å². The molecule has 5 nitrogen and oxygen atoms in total. The Morgan fingerprint density at radius 2 is 1.19 bits per heavy atom. The Balaban J connectivity index is 1.97. The zero-order valence-electron chi connectivity index (χ0n) is 21.6. The van der Waals surface area contributed by atoms with Gasteiger partial charge in [0.05, 0.1) is 31.4 Å². The fourth-order valence-corrected chi connectivity index (χ4v) is 5.50. The minimum atomic E-state index is -1.77. The molecule has 0 bridgehead atoms. The van der Waals surface area contributed by atoms with Crippen LogP contribution in [0.3, 0.4) is 0 Å². The summed E-state index contributed by atoms with van der Waals surface area (Å²) in [5, 5.41) is 10.3. The predicted octanol–water partition coefficient (Wildman–Crippen LogP) is 6.38. The van der Waals surface area contributed by atoms with E-state index in [9.17, 15) is 5.26 Å². The molecule has 0 unspecified atom stereocenters. The normalized spacial score (nSPS) is 23.2. The van der Waals surface area contributed by atoms with Crippen LogP contribution in [0.25, 0.3) is 0 Å². The van der Waals surface area contributed by atoms with Crippen molar-refractivity contribution < 1.29 is 8.85 Å². The lowest BCUT2D eigenvalue weighted by atomic mass is 9.95. The highest BCUT2D eigenvalue weighted by Gasteiger charge is 2.40. The standard InChI is InChI=1S/C24H45N3O2Si2/c1-23(2,3)30(7,8)28-16-18-11-13-21(26-18)20(15-25)22-14-12-19(27-22)17-29-31(9,10)24(4,5)6/h18-20H,11-14,16-17H2,1-10H3/t18-,19-/m0/s1. The molecule has 2 rings (SSSR count). The summed E-state index contributed by atoms with van der Waals surface area (Å²) in [6, 6.07) is 2.85. The highest BCUT2D eigenvalue weighted by molar-refractivity contribution is 6.74. The minimum Gasteiger partial charge on any atom is -0.415 e. The SMILES string of the molecule is CC(C)(C)[Si](C)(C)OC[C@@H]1CCC(C(C#N)C2=N[C@H](CO[Si](C)(C)C(C)(C)C)CC2)=N1. The Labute approximate surface area is 193 Å². The van der Waals surface area contributed by atoms with E-state index < -0.39 is 16.6 Å². The maximum absolute atomic E-state index is 9.89. The third kappa shape index (κ3) is 6.60. The van der Waals surface area contributed by atoms with E-state index in [-0.39, 0.29) is 28.1 Å². The summed E-state index contributed by atoms with van der Waals surface area (Å²) >= 11 is 0. The molecule has 0 saturated carbocycles. The van der Waals surface area contributed by atoms with Gasteiger partial charge in [0.1, 0.15) is 5.92 Å². The van der Waals surface area contributed by atoms with Crippen LogP contribution in [0.1, 0.15) is 67.2 Å². The Morgan fingerprint density at radius 1 is 0.839 bits per heavy atom. The van der Waals surface area contributed by atoms with Crippen LogP contribution in [0.4, 0.5) is 0 Å². The molecule has 0 radical (unpaired) electrons. The van der Waals surface area contributed by atoms with Gasteiger partial charge in [-0.05, 0) is 61.9 Å². The van der Waals surface area contributed by atoms with Gasteiger partial charge in [-0.2, -0.15) is 5.26 Å². The third-order valence-electron chi connectivity index (χ3n) is 7.85. The summed E-state index contributed by atoms with van der Waals surface area (Å²) in [5.74, 6) is -0.268. The molecular formula is C24H45N3O2Si2. The van der Waals surface area contributed by atoms with Crippen molar-refractivity contribution >= 4 is 28.1 Å². The van der Waals surface area contributed by atoms with Crippen molar-refractivity contribution in [1.82, 2.24) is 0 Å². The average molecular weight is 464 g/mol. The quantitative estimate of drug-likeness (QED) is 0.392. The number of hydrogen-bond acceptors (Lipinski definition) is 5. The monoisotopic (exact) mass is 463 g/mol. The zero-order valence-corrected chi connectivity index (χ0v) is 23.6. The molecule has 2 aliphatic rings. The van der Waals surface area contributed by atoms with Gasteiger partial charge in [-0.15, -0.1) is 0 Å². The molecule has 0 N–H and O–H groups in total. The largest absolute Gasteiger partial charge is 0.415 e. The van der Waals surface area contributed by atoms with Crippen LogP contribution in [0.15, 0.2) is 9.98 Å². The summed E-state index contributed by atoms with van der Waals surface area (Å²) in [6.07, 6.45) is 3.72. The van der Waals surface area contributed by atoms with Gasteiger partial charge in [-0.1, -0.05) is 41.5 Å². The van der Waals surface area contributed by atoms with Crippen LogP contribution < -0.4 is 0 Å². The van der Waals surface area contributed by atoms with Gasteiger partial charge in [0.15, 0.2) is 16.6 Å². The Hall–Kier alpha value is -0.816. The van der Waals surface area contributed by atoms with E-state index in [1.54, 1.807) is 0 Å². The summed E-state index contributed by atoms with van der Waals surface area (Å²) < 4.78 is 12.8. The van der Waals surface area contributed by atoms with Crippen molar-refractivity contribution in [3.8, 4) is 6.07 Å². The molecule has 0 aromatic rings. The first kappa shape index (κ1) is 26.4. The van der Waals surface area contributed by atoms with Gasteiger partial charge in [-0.3, -0.25) is 9.98 Å². The number of rotatable bonds is 8. The van der Waals surface area contributed by atoms with E-state index in [1.807, 2.05) is 0 Å². The fraction of sp³-hybridized carbons (Fsp3) is 0.875. The molecule has 2 heterocycles. The van der Waals surface area contributed by atoms with Crippen LogP contribution in [-0.2, 0) is 8.85 Å². The summed E-state index contributed by atoms with van der Waals surface area (Å²) in [4.78, 5) is 9.84. The number of hydrogen-bond donors (Lipinski definition) is 0. The Bertz CT molecular complexity index is 683. The molecule has 0 fully saturated rings. The predicted molar refractivity (Wildman–Crippen MR) is 136 cm³/mol. The van der Waals surface area contributed by atoms with Gasteiger partial charge in [0, 0.05) is 11.4 Å². The lowest BCUT2D eigenvalue weighted by molar-refractivity contribution is 0.263. The van der Waals surface area contributed by atoms with Crippen molar-refractivity contribution in [2.45, 2.75) is 116 Å². The topological polar surface area (TPSA) is 67.0 Å². The fourth-order valence-electron chi connectivity index (χ4n) is 3.42. The Morgan fingerprint density at radius 3 is 1.48 bits per heavy atom. The first-order valence-corrected chi connectivity index (χ1v) is 17.7. The molecule has 0 saturated heterocycles. The van der Waals surface area contributed by atoms with E-state index >= 15 is 0 Å². The van der Waals surface area contributed by atoms with Crippen LogP contribution in [0, 0.1) is 17.2 Å². The number of nitrogens with zero attached hydrogens (tertiary/aromatic N) is 3. The van der Waals surface area contributed by atoms with Gasteiger partial charge >= 0.3 is 0 Å². The van der Waals surface area contributed by atoms with Gasteiger partial charge in [-0.25, -0.2) is 0 Å². The van der Waals surface area contributed by atoms with Crippen LogP contribution in [0.2, 0.25) is 36.3 Å². The molecule has 31 heavy (non-hydrogen) atoms.